The number of benzene rings is 2. The highest BCUT2D eigenvalue weighted by molar-refractivity contribution is 5.83. The lowest BCUT2D eigenvalue weighted by Gasteiger charge is -2.22. The molecule has 0 aliphatic heterocycles. The summed E-state index contributed by atoms with van der Waals surface area (Å²) in [6, 6.07) is 9.15. The van der Waals surface area contributed by atoms with Gasteiger partial charge in [0.1, 0.15) is 5.82 Å². The van der Waals surface area contributed by atoms with Crippen molar-refractivity contribution in [2.75, 3.05) is 30.0 Å². The molecule has 6 heteroatoms. The summed E-state index contributed by atoms with van der Waals surface area (Å²) < 4.78 is 26.4. The minimum absolute atomic E-state index is 0.100. The summed E-state index contributed by atoms with van der Waals surface area (Å²) in [6.45, 7) is 5.47. The first-order valence-electron chi connectivity index (χ1n) is 7.75. The lowest BCUT2D eigenvalue weighted by atomic mass is 10.1. The van der Waals surface area contributed by atoms with Crippen molar-refractivity contribution in [1.29, 1.82) is 0 Å². The summed E-state index contributed by atoms with van der Waals surface area (Å²) in [6.07, 6.45) is 1.59. The highest BCUT2D eigenvalue weighted by atomic mass is 19.1. The SMILES string of the molecule is CCN(CCO)c1ccc(/C=N\Nc2ccc(F)cc2F)c(C)c1. The lowest BCUT2D eigenvalue weighted by Crippen LogP contribution is -2.26. The minimum Gasteiger partial charge on any atom is -0.395 e. The average Bonchev–Trinajstić information content (AvgIpc) is 2.56. The third kappa shape index (κ3) is 4.52. The molecule has 0 spiro atoms. The molecular formula is C18H21F2N3O. The Morgan fingerprint density at radius 2 is 2.00 bits per heavy atom. The molecule has 0 aliphatic rings. The van der Waals surface area contributed by atoms with Crippen molar-refractivity contribution >= 4 is 17.6 Å². The summed E-state index contributed by atoms with van der Waals surface area (Å²) in [7, 11) is 0. The number of aryl methyl sites for hydroxylation is 1. The smallest absolute Gasteiger partial charge is 0.151 e. The zero-order valence-electron chi connectivity index (χ0n) is 13.8. The maximum Gasteiger partial charge on any atom is 0.151 e. The number of hydrogen-bond acceptors (Lipinski definition) is 4. The van der Waals surface area contributed by atoms with E-state index in [0.29, 0.717) is 6.54 Å². The van der Waals surface area contributed by atoms with Crippen LogP contribution in [0.1, 0.15) is 18.1 Å². The fraction of sp³-hybridized carbons (Fsp3) is 0.278. The van der Waals surface area contributed by atoms with Crippen LogP contribution in [0.2, 0.25) is 0 Å². The average molecular weight is 333 g/mol. The summed E-state index contributed by atoms with van der Waals surface area (Å²) in [5, 5.41) is 13.1. The van der Waals surface area contributed by atoms with E-state index in [-0.39, 0.29) is 12.3 Å². The summed E-state index contributed by atoms with van der Waals surface area (Å²) in [5.41, 5.74) is 5.60. The fourth-order valence-corrected chi connectivity index (χ4v) is 2.34. The molecular weight excluding hydrogens is 312 g/mol. The standard InChI is InChI=1S/C18H21F2N3O/c1-3-23(8-9-24)16-6-4-14(13(2)10-16)12-21-22-18-7-5-15(19)11-17(18)20/h4-7,10-12,22,24H,3,8-9H2,1-2H3/b21-12-. The van der Waals surface area contributed by atoms with E-state index in [1.54, 1.807) is 6.21 Å². The van der Waals surface area contributed by atoms with Crippen LogP contribution in [0.3, 0.4) is 0 Å². The van der Waals surface area contributed by atoms with Crippen molar-refractivity contribution in [3.05, 3.63) is 59.2 Å². The molecule has 2 rings (SSSR count). The Hall–Kier alpha value is -2.47. The van der Waals surface area contributed by atoms with Gasteiger partial charge in [-0.1, -0.05) is 6.07 Å². The van der Waals surface area contributed by atoms with Crippen LogP contribution in [0, 0.1) is 18.6 Å². The van der Waals surface area contributed by atoms with Gasteiger partial charge in [-0.05, 0) is 49.2 Å². The molecule has 0 aromatic heterocycles. The molecule has 0 saturated carbocycles. The number of aliphatic hydroxyl groups is 1. The molecule has 0 fully saturated rings. The first-order chi connectivity index (χ1) is 11.5. The summed E-state index contributed by atoms with van der Waals surface area (Å²) in [5.74, 6) is -1.32. The van der Waals surface area contributed by atoms with Gasteiger partial charge in [0.2, 0.25) is 0 Å². The number of halogens is 2. The van der Waals surface area contributed by atoms with Gasteiger partial charge >= 0.3 is 0 Å². The lowest BCUT2D eigenvalue weighted by molar-refractivity contribution is 0.302. The van der Waals surface area contributed by atoms with Gasteiger partial charge in [-0.2, -0.15) is 5.10 Å². The number of rotatable bonds is 7. The number of nitrogens with one attached hydrogen (secondary N) is 1. The number of nitrogens with zero attached hydrogens (tertiary/aromatic N) is 2. The Morgan fingerprint density at radius 1 is 1.21 bits per heavy atom. The zero-order valence-corrected chi connectivity index (χ0v) is 13.8. The van der Waals surface area contributed by atoms with Crippen LogP contribution >= 0.6 is 0 Å². The second-order valence-corrected chi connectivity index (χ2v) is 5.34. The number of hydrogen-bond donors (Lipinski definition) is 2. The molecule has 2 aromatic rings. The van der Waals surface area contributed by atoms with Crippen molar-refractivity contribution in [2.45, 2.75) is 13.8 Å². The third-order valence-corrected chi connectivity index (χ3v) is 3.69. The Balaban J connectivity index is 2.09. The topological polar surface area (TPSA) is 47.9 Å². The van der Waals surface area contributed by atoms with Crippen LogP contribution in [0.5, 0.6) is 0 Å². The van der Waals surface area contributed by atoms with Gasteiger partial charge in [0.25, 0.3) is 0 Å². The van der Waals surface area contributed by atoms with E-state index < -0.39 is 11.6 Å². The van der Waals surface area contributed by atoms with Crippen LogP contribution in [0.25, 0.3) is 0 Å². The van der Waals surface area contributed by atoms with E-state index in [9.17, 15) is 8.78 Å². The number of aliphatic hydroxyl groups excluding tert-OH is 1. The second kappa shape index (κ2) is 8.40. The van der Waals surface area contributed by atoms with Gasteiger partial charge < -0.3 is 10.0 Å². The first-order valence-corrected chi connectivity index (χ1v) is 7.75. The molecule has 0 bridgehead atoms. The van der Waals surface area contributed by atoms with Gasteiger partial charge in [-0.3, -0.25) is 5.43 Å². The van der Waals surface area contributed by atoms with Crippen molar-refractivity contribution in [2.24, 2.45) is 5.10 Å². The van der Waals surface area contributed by atoms with E-state index in [4.69, 9.17) is 5.11 Å². The van der Waals surface area contributed by atoms with Crippen molar-refractivity contribution < 1.29 is 13.9 Å². The molecule has 0 heterocycles. The van der Waals surface area contributed by atoms with Gasteiger partial charge in [0.05, 0.1) is 18.5 Å². The molecule has 0 amide bonds. The Labute approximate surface area is 140 Å². The van der Waals surface area contributed by atoms with Crippen molar-refractivity contribution in [3.63, 3.8) is 0 Å². The predicted octanol–water partition coefficient (Wildman–Crippen LogP) is 3.54. The molecule has 2 aromatic carbocycles. The maximum absolute atomic E-state index is 13.5. The van der Waals surface area contributed by atoms with Crippen LogP contribution < -0.4 is 10.3 Å². The van der Waals surface area contributed by atoms with Crippen LogP contribution in [0.15, 0.2) is 41.5 Å². The predicted molar refractivity (Wildman–Crippen MR) is 93.7 cm³/mol. The fourth-order valence-electron chi connectivity index (χ4n) is 2.34. The van der Waals surface area contributed by atoms with E-state index in [1.807, 2.05) is 32.0 Å². The number of anilines is 2. The van der Waals surface area contributed by atoms with E-state index >= 15 is 0 Å². The van der Waals surface area contributed by atoms with Gasteiger partial charge in [0.15, 0.2) is 5.82 Å². The molecule has 2 N–H and O–H groups in total. The van der Waals surface area contributed by atoms with Crippen molar-refractivity contribution in [3.8, 4) is 0 Å². The second-order valence-electron chi connectivity index (χ2n) is 5.34. The van der Waals surface area contributed by atoms with Crippen molar-refractivity contribution in [1.82, 2.24) is 0 Å². The summed E-state index contributed by atoms with van der Waals surface area (Å²) >= 11 is 0. The van der Waals surface area contributed by atoms with Gasteiger partial charge in [-0.25, -0.2) is 8.78 Å². The highest BCUT2D eigenvalue weighted by Crippen LogP contribution is 2.19. The number of hydrazone groups is 1. The Kier molecular flexibility index (Phi) is 6.26. The molecule has 24 heavy (non-hydrogen) atoms. The molecule has 0 atom stereocenters. The highest BCUT2D eigenvalue weighted by Gasteiger charge is 2.06. The van der Waals surface area contributed by atoms with E-state index in [1.165, 1.54) is 12.1 Å². The molecule has 0 unspecified atom stereocenters. The van der Waals surface area contributed by atoms with Crippen LogP contribution in [-0.4, -0.2) is 31.0 Å². The molecule has 0 aliphatic carbocycles. The monoisotopic (exact) mass is 333 g/mol. The Morgan fingerprint density at radius 3 is 2.62 bits per heavy atom. The largest absolute Gasteiger partial charge is 0.395 e. The Bertz CT molecular complexity index is 719. The molecule has 128 valence electrons. The molecule has 0 saturated heterocycles. The molecule has 0 radical (unpaired) electrons. The quantitative estimate of drug-likeness (QED) is 0.602. The normalized spacial score (nSPS) is 11.0. The zero-order chi connectivity index (χ0) is 17.5. The van der Waals surface area contributed by atoms with Gasteiger partial charge in [0, 0.05) is 24.8 Å². The van der Waals surface area contributed by atoms with E-state index in [0.717, 1.165) is 29.4 Å². The van der Waals surface area contributed by atoms with Crippen LogP contribution in [-0.2, 0) is 0 Å². The summed E-state index contributed by atoms with van der Waals surface area (Å²) in [4.78, 5) is 2.07. The number of likely N-dealkylation sites (N-methyl/N-ethyl adjacent to an activating group) is 1. The van der Waals surface area contributed by atoms with Crippen LogP contribution in [0.4, 0.5) is 20.2 Å². The first kappa shape index (κ1) is 17.9. The minimum atomic E-state index is -0.693. The molecule has 4 nitrogen and oxygen atoms in total. The van der Waals surface area contributed by atoms with Gasteiger partial charge in [-0.15, -0.1) is 0 Å². The third-order valence-electron chi connectivity index (χ3n) is 3.69. The maximum atomic E-state index is 13.5. The van der Waals surface area contributed by atoms with E-state index in [2.05, 4.69) is 15.4 Å².